The summed E-state index contributed by atoms with van der Waals surface area (Å²) < 4.78 is 56.3. The largest absolute Gasteiger partial charge is 0.573 e. The smallest absolute Gasteiger partial charge is 0.406 e. The number of nitrogens with one attached hydrogen (secondary N) is 1. The van der Waals surface area contributed by atoms with E-state index in [0.717, 1.165) is 17.6 Å². The number of rotatable bonds is 4. The van der Waals surface area contributed by atoms with Gasteiger partial charge in [0.15, 0.2) is 0 Å². The number of hydrogen-bond donors (Lipinski definition) is 1. The summed E-state index contributed by atoms with van der Waals surface area (Å²) in [5.41, 5.74) is 1.18. The Balaban J connectivity index is 0.00000196. The van der Waals surface area contributed by atoms with Crippen molar-refractivity contribution in [3.63, 3.8) is 0 Å². The molecular weight excluding hydrogens is 487 g/mol. The normalized spacial score (nSPS) is 15.9. The van der Waals surface area contributed by atoms with Crippen LogP contribution in [-0.2, 0) is 0 Å². The van der Waals surface area contributed by atoms with E-state index in [1.54, 1.807) is 24.3 Å². The van der Waals surface area contributed by atoms with Gasteiger partial charge in [0.1, 0.15) is 11.6 Å². The maximum atomic E-state index is 14.5. The van der Waals surface area contributed by atoms with Crippen LogP contribution in [-0.4, -0.2) is 37.4 Å². The Bertz CT molecular complexity index is 756. The summed E-state index contributed by atoms with van der Waals surface area (Å²) >= 11 is 3.36. The summed E-state index contributed by atoms with van der Waals surface area (Å²) in [6.45, 7) is 2.94. The predicted molar refractivity (Wildman–Crippen MR) is 108 cm³/mol. The second-order valence-electron chi connectivity index (χ2n) is 5.97. The van der Waals surface area contributed by atoms with Crippen molar-refractivity contribution in [3.05, 3.63) is 63.9 Å². The van der Waals surface area contributed by atoms with Crippen LogP contribution in [0.2, 0.25) is 0 Å². The first kappa shape index (κ1) is 25.0. The highest BCUT2D eigenvalue weighted by Crippen LogP contribution is 2.34. The van der Waals surface area contributed by atoms with Gasteiger partial charge in [-0.25, -0.2) is 4.39 Å². The fourth-order valence-electron chi connectivity index (χ4n) is 3.10. The molecule has 0 bridgehead atoms. The highest BCUT2D eigenvalue weighted by atomic mass is 79.9. The predicted octanol–water partition coefficient (Wildman–Crippen LogP) is 5.33. The Morgan fingerprint density at radius 3 is 2.18 bits per heavy atom. The molecule has 1 N–H and O–H groups in total. The van der Waals surface area contributed by atoms with Crippen LogP contribution in [0.3, 0.4) is 0 Å². The van der Waals surface area contributed by atoms with Crippen LogP contribution < -0.4 is 10.1 Å². The number of nitrogens with zero attached hydrogens (tertiary/aromatic N) is 1. The van der Waals surface area contributed by atoms with Crippen molar-refractivity contribution in [2.45, 2.75) is 12.4 Å². The second kappa shape index (κ2) is 10.6. The first-order valence-electron chi connectivity index (χ1n) is 8.09. The van der Waals surface area contributed by atoms with Crippen LogP contribution in [0.5, 0.6) is 5.75 Å². The fourth-order valence-corrected chi connectivity index (χ4v) is 3.48. The van der Waals surface area contributed by atoms with Gasteiger partial charge in [0.05, 0.1) is 6.04 Å². The Hall–Kier alpha value is -1.06. The lowest BCUT2D eigenvalue weighted by atomic mass is 9.96. The van der Waals surface area contributed by atoms with Crippen molar-refractivity contribution in [2.75, 3.05) is 26.2 Å². The van der Waals surface area contributed by atoms with Crippen molar-refractivity contribution < 1.29 is 22.3 Å². The monoisotopic (exact) mass is 504 g/mol. The highest BCUT2D eigenvalue weighted by Gasteiger charge is 2.31. The molecule has 156 valence electrons. The number of ether oxygens (including phenoxy) is 1. The first-order valence-corrected chi connectivity index (χ1v) is 8.88. The topological polar surface area (TPSA) is 24.5 Å². The minimum absolute atomic E-state index is 0. The third-order valence-electron chi connectivity index (χ3n) is 4.20. The molecule has 1 atom stereocenters. The molecule has 0 saturated carbocycles. The number of alkyl halides is 3. The number of hydrogen-bond acceptors (Lipinski definition) is 3. The molecule has 0 spiro atoms. The maximum absolute atomic E-state index is 14.5. The Morgan fingerprint density at radius 1 is 1.00 bits per heavy atom. The minimum atomic E-state index is -4.74. The average molecular weight is 506 g/mol. The van der Waals surface area contributed by atoms with Gasteiger partial charge in [-0.3, -0.25) is 4.90 Å². The van der Waals surface area contributed by atoms with Gasteiger partial charge >= 0.3 is 6.36 Å². The van der Waals surface area contributed by atoms with Crippen LogP contribution in [0.4, 0.5) is 17.6 Å². The molecule has 1 fully saturated rings. The number of halogens is 7. The molecule has 1 saturated heterocycles. The lowest BCUT2D eigenvalue weighted by molar-refractivity contribution is -0.274. The maximum Gasteiger partial charge on any atom is 0.573 e. The molecule has 3 nitrogen and oxygen atoms in total. The van der Waals surface area contributed by atoms with Crippen molar-refractivity contribution in [3.8, 4) is 5.75 Å². The van der Waals surface area contributed by atoms with Crippen LogP contribution in [0, 0.1) is 5.82 Å². The molecule has 0 amide bonds. The summed E-state index contributed by atoms with van der Waals surface area (Å²) in [7, 11) is 0. The Kier molecular flexibility index (Phi) is 9.49. The van der Waals surface area contributed by atoms with Crippen molar-refractivity contribution >= 4 is 40.7 Å². The standard InChI is InChI=1S/C18H17BrF4N2O.2ClH/c19-13-3-6-16(20)15(11-13)17(25-9-7-24-8-10-25)12-1-4-14(5-2-12)26-18(21,22)23;;/h1-6,11,17,24H,7-10H2;2*1H/t17-;;/m1../s1. The van der Waals surface area contributed by atoms with Crippen molar-refractivity contribution in [1.29, 1.82) is 0 Å². The number of piperazine rings is 1. The highest BCUT2D eigenvalue weighted by molar-refractivity contribution is 9.10. The van der Waals surface area contributed by atoms with E-state index in [-0.39, 0.29) is 36.4 Å². The molecular formula is C18H19BrCl2F4N2O. The van der Waals surface area contributed by atoms with E-state index in [1.165, 1.54) is 18.2 Å². The molecule has 1 heterocycles. The van der Waals surface area contributed by atoms with Crippen molar-refractivity contribution in [1.82, 2.24) is 10.2 Å². The van der Waals surface area contributed by atoms with Gasteiger partial charge in [0.2, 0.25) is 0 Å². The molecule has 0 unspecified atom stereocenters. The first-order chi connectivity index (χ1) is 12.3. The fraction of sp³-hybridized carbons (Fsp3) is 0.333. The van der Waals surface area contributed by atoms with E-state index in [2.05, 4.69) is 30.9 Å². The molecule has 3 rings (SSSR count). The quantitative estimate of drug-likeness (QED) is 0.569. The van der Waals surface area contributed by atoms with Crippen LogP contribution >= 0.6 is 40.7 Å². The van der Waals surface area contributed by atoms with Gasteiger partial charge in [0, 0.05) is 36.2 Å². The molecule has 0 aliphatic carbocycles. The third-order valence-corrected chi connectivity index (χ3v) is 4.69. The second-order valence-corrected chi connectivity index (χ2v) is 6.89. The third kappa shape index (κ3) is 6.49. The molecule has 2 aromatic rings. The van der Waals surface area contributed by atoms with Crippen molar-refractivity contribution in [2.24, 2.45) is 0 Å². The van der Waals surface area contributed by atoms with E-state index < -0.39 is 12.4 Å². The van der Waals surface area contributed by atoms with E-state index in [4.69, 9.17) is 0 Å². The van der Waals surface area contributed by atoms with Gasteiger partial charge < -0.3 is 10.1 Å². The van der Waals surface area contributed by atoms with Crippen LogP contribution in [0.15, 0.2) is 46.9 Å². The van der Waals surface area contributed by atoms with E-state index in [0.29, 0.717) is 24.2 Å². The SMILES string of the molecule is Cl.Cl.Fc1ccc(Br)cc1[C@@H](c1ccc(OC(F)(F)F)cc1)N1CCNCC1. The van der Waals surface area contributed by atoms with E-state index in [1.807, 2.05) is 0 Å². The lowest BCUT2D eigenvalue weighted by Gasteiger charge is -2.35. The summed E-state index contributed by atoms with van der Waals surface area (Å²) in [4.78, 5) is 2.11. The Labute approximate surface area is 181 Å². The molecule has 0 aromatic heterocycles. The van der Waals surface area contributed by atoms with Gasteiger partial charge in [-0.2, -0.15) is 0 Å². The Morgan fingerprint density at radius 2 is 1.61 bits per heavy atom. The van der Waals surface area contributed by atoms with E-state index >= 15 is 0 Å². The van der Waals surface area contributed by atoms with Gasteiger partial charge in [-0.15, -0.1) is 38.0 Å². The lowest BCUT2D eigenvalue weighted by Crippen LogP contribution is -2.45. The molecule has 2 aromatic carbocycles. The molecule has 0 radical (unpaired) electrons. The van der Waals surface area contributed by atoms with Crippen LogP contribution in [0.25, 0.3) is 0 Å². The molecule has 1 aliphatic heterocycles. The van der Waals surface area contributed by atoms with Crippen LogP contribution in [0.1, 0.15) is 17.2 Å². The summed E-state index contributed by atoms with van der Waals surface area (Å²) in [6.07, 6.45) is -4.74. The summed E-state index contributed by atoms with van der Waals surface area (Å²) in [5, 5.41) is 3.24. The molecule has 28 heavy (non-hydrogen) atoms. The van der Waals surface area contributed by atoms with Gasteiger partial charge in [-0.1, -0.05) is 28.1 Å². The van der Waals surface area contributed by atoms with Gasteiger partial charge in [-0.05, 0) is 35.9 Å². The number of benzene rings is 2. The van der Waals surface area contributed by atoms with Gasteiger partial charge in [0.25, 0.3) is 0 Å². The molecule has 10 heteroatoms. The zero-order valence-electron chi connectivity index (χ0n) is 14.5. The minimum Gasteiger partial charge on any atom is -0.406 e. The zero-order valence-corrected chi connectivity index (χ0v) is 17.7. The zero-order chi connectivity index (χ0) is 18.7. The summed E-state index contributed by atoms with van der Waals surface area (Å²) in [5.74, 6) is -0.651. The molecule has 1 aliphatic rings. The summed E-state index contributed by atoms with van der Waals surface area (Å²) in [6, 6.07) is 9.94. The average Bonchev–Trinajstić information content (AvgIpc) is 2.59. The van der Waals surface area contributed by atoms with E-state index in [9.17, 15) is 17.6 Å².